The molecule has 2 aromatic rings. The monoisotopic (exact) mass is 404 g/mol. The van der Waals surface area contributed by atoms with Gasteiger partial charge in [-0.25, -0.2) is 4.79 Å². The second kappa shape index (κ2) is 10.2. The van der Waals surface area contributed by atoms with Crippen LogP contribution in [0.15, 0.2) is 90.6 Å². The van der Waals surface area contributed by atoms with Crippen LogP contribution in [-0.2, 0) is 25.4 Å². The summed E-state index contributed by atoms with van der Waals surface area (Å²) >= 11 is 0. The van der Waals surface area contributed by atoms with Gasteiger partial charge in [0, 0.05) is 19.1 Å². The summed E-state index contributed by atoms with van der Waals surface area (Å²) in [5, 5.41) is 0. The van der Waals surface area contributed by atoms with Crippen LogP contribution in [0, 0.1) is 0 Å². The van der Waals surface area contributed by atoms with Crippen LogP contribution in [-0.4, -0.2) is 32.1 Å². The lowest BCUT2D eigenvalue weighted by atomic mass is 9.92. The van der Waals surface area contributed by atoms with E-state index in [4.69, 9.17) is 14.2 Å². The average molecular weight is 405 g/mol. The first-order chi connectivity index (χ1) is 14.5. The predicted molar refractivity (Wildman–Crippen MR) is 119 cm³/mol. The zero-order valence-electron chi connectivity index (χ0n) is 17.6. The van der Waals surface area contributed by atoms with Crippen LogP contribution in [0.3, 0.4) is 0 Å². The maximum atomic E-state index is 11.5. The van der Waals surface area contributed by atoms with Crippen molar-refractivity contribution in [2.24, 2.45) is 0 Å². The van der Waals surface area contributed by atoms with Crippen LogP contribution in [0.1, 0.15) is 18.9 Å². The van der Waals surface area contributed by atoms with E-state index in [9.17, 15) is 4.79 Å². The third-order valence-corrected chi connectivity index (χ3v) is 5.05. The summed E-state index contributed by atoms with van der Waals surface area (Å²) < 4.78 is 16.6. The lowest BCUT2D eigenvalue weighted by Crippen LogP contribution is -2.35. The van der Waals surface area contributed by atoms with E-state index in [1.54, 1.807) is 14.0 Å². The quantitative estimate of drug-likeness (QED) is 0.247. The predicted octanol–water partition coefficient (Wildman–Crippen LogP) is 5.26. The fraction of sp³-hybridized carbons (Fsp3) is 0.269. The van der Waals surface area contributed by atoms with Gasteiger partial charge in [-0.2, -0.15) is 0 Å². The largest absolute Gasteiger partial charge is 0.460 e. The van der Waals surface area contributed by atoms with Crippen LogP contribution in [0.2, 0.25) is 0 Å². The maximum absolute atomic E-state index is 11.5. The second-order valence-corrected chi connectivity index (χ2v) is 7.30. The SMILES string of the molecule is C=C(C)C(=O)OCCOC1(OC)C=CC(Cc2ccccc2-c2ccccc2)=CC1. The van der Waals surface area contributed by atoms with Crippen LogP contribution in [0.25, 0.3) is 11.1 Å². The van der Waals surface area contributed by atoms with E-state index in [1.807, 2.05) is 12.1 Å². The molecule has 0 fully saturated rings. The Bertz CT molecular complexity index is 943. The first-order valence-corrected chi connectivity index (χ1v) is 10.1. The van der Waals surface area contributed by atoms with E-state index in [0.717, 1.165) is 6.42 Å². The van der Waals surface area contributed by atoms with E-state index >= 15 is 0 Å². The minimum Gasteiger partial charge on any atom is -0.460 e. The Hall–Kier alpha value is -2.95. The zero-order valence-corrected chi connectivity index (χ0v) is 17.6. The Kier molecular flexibility index (Phi) is 7.39. The highest BCUT2D eigenvalue weighted by Crippen LogP contribution is 2.30. The summed E-state index contributed by atoms with van der Waals surface area (Å²) in [6.07, 6.45) is 7.56. The normalized spacial score (nSPS) is 18.0. The number of hydrogen-bond acceptors (Lipinski definition) is 4. The van der Waals surface area contributed by atoms with Crippen molar-refractivity contribution in [3.8, 4) is 11.1 Å². The fourth-order valence-electron chi connectivity index (χ4n) is 3.36. The van der Waals surface area contributed by atoms with E-state index in [0.29, 0.717) is 12.0 Å². The molecule has 1 atom stereocenters. The third kappa shape index (κ3) is 5.56. The fourth-order valence-corrected chi connectivity index (χ4v) is 3.36. The van der Waals surface area contributed by atoms with Crippen molar-refractivity contribution in [2.45, 2.75) is 25.6 Å². The van der Waals surface area contributed by atoms with Crippen LogP contribution in [0.5, 0.6) is 0 Å². The number of rotatable bonds is 9. The number of hydrogen-bond donors (Lipinski definition) is 0. The smallest absolute Gasteiger partial charge is 0.333 e. The second-order valence-electron chi connectivity index (χ2n) is 7.30. The van der Waals surface area contributed by atoms with Gasteiger partial charge in [0.2, 0.25) is 0 Å². The van der Waals surface area contributed by atoms with Crippen molar-refractivity contribution < 1.29 is 19.0 Å². The van der Waals surface area contributed by atoms with Gasteiger partial charge in [-0.05, 0) is 41.7 Å². The number of ether oxygens (including phenoxy) is 3. The molecule has 0 spiro atoms. The van der Waals surface area contributed by atoms with Crippen molar-refractivity contribution in [2.75, 3.05) is 20.3 Å². The van der Waals surface area contributed by atoms with Crippen LogP contribution >= 0.6 is 0 Å². The molecule has 1 unspecified atom stereocenters. The van der Waals surface area contributed by atoms with E-state index in [2.05, 4.69) is 67.3 Å². The molecule has 0 aliphatic heterocycles. The molecule has 0 bridgehead atoms. The molecule has 1 aliphatic carbocycles. The molecule has 0 saturated heterocycles. The Labute approximate surface area is 178 Å². The van der Waals surface area contributed by atoms with Crippen molar-refractivity contribution in [3.63, 3.8) is 0 Å². The molecule has 3 rings (SSSR count). The van der Waals surface area contributed by atoms with Crippen LogP contribution in [0.4, 0.5) is 0 Å². The number of esters is 1. The van der Waals surface area contributed by atoms with Crippen molar-refractivity contribution in [1.29, 1.82) is 0 Å². The number of carbonyl (C=O) groups excluding carboxylic acids is 1. The van der Waals surface area contributed by atoms with E-state index in [1.165, 1.54) is 22.3 Å². The Morgan fingerprint density at radius 3 is 2.47 bits per heavy atom. The Balaban J connectivity index is 1.62. The minimum absolute atomic E-state index is 0.158. The molecular weight excluding hydrogens is 376 g/mol. The van der Waals surface area contributed by atoms with Gasteiger partial charge in [0.1, 0.15) is 6.61 Å². The molecule has 0 heterocycles. The summed E-state index contributed by atoms with van der Waals surface area (Å²) in [7, 11) is 1.62. The first kappa shape index (κ1) is 21.8. The highest BCUT2D eigenvalue weighted by Gasteiger charge is 2.29. The van der Waals surface area contributed by atoms with Gasteiger partial charge >= 0.3 is 5.97 Å². The Morgan fingerprint density at radius 2 is 1.80 bits per heavy atom. The first-order valence-electron chi connectivity index (χ1n) is 10.1. The number of carbonyl (C=O) groups is 1. The molecule has 0 amide bonds. The van der Waals surface area contributed by atoms with Crippen molar-refractivity contribution in [3.05, 3.63) is 96.1 Å². The number of allylic oxidation sites excluding steroid dienone is 2. The summed E-state index contributed by atoms with van der Waals surface area (Å²) in [5.41, 5.74) is 5.32. The van der Waals surface area contributed by atoms with Gasteiger partial charge < -0.3 is 14.2 Å². The summed E-state index contributed by atoms with van der Waals surface area (Å²) in [4.78, 5) is 11.5. The zero-order chi connectivity index (χ0) is 21.4. The highest BCUT2D eigenvalue weighted by atomic mass is 16.7. The molecule has 0 radical (unpaired) electrons. The van der Waals surface area contributed by atoms with E-state index in [-0.39, 0.29) is 13.2 Å². The molecule has 2 aromatic carbocycles. The molecule has 1 aliphatic rings. The molecule has 4 nitrogen and oxygen atoms in total. The summed E-state index contributed by atoms with van der Waals surface area (Å²) in [6, 6.07) is 18.9. The molecule has 0 aromatic heterocycles. The lowest BCUT2D eigenvalue weighted by Gasteiger charge is -2.31. The third-order valence-electron chi connectivity index (χ3n) is 5.05. The Morgan fingerprint density at radius 1 is 1.07 bits per heavy atom. The molecule has 0 saturated carbocycles. The summed E-state index contributed by atoms with van der Waals surface area (Å²) in [5.74, 6) is -1.25. The number of benzene rings is 2. The average Bonchev–Trinajstić information content (AvgIpc) is 2.78. The summed E-state index contributed by atoms with van der Waals surface area (Å²) in [6.45, 7) is 5.59. The van der Waals surface area contributed by atoms with Gasteiger partial charge in [0.05, 0.1) is 6.61 Å². The highest BCUT2D eigenvalue weighted by molar-refractivity contribution is 5.86. The molecule has 30 heavy (non-hydrogen) atoms. The standard InChI is InChI=1S/C26H28O4/c1-20(2)25(27)29-17-18-30-26(28-3)15-13-21(14-16-26)19-23-11-7-8-12-24(23)22-9-5-4-6-10-22/h4-15H,1,16-19H2,2-3H3. The minimum atomic E-state index is -0.835. The topological polar surface area (TPSA) is 44.8 Å². The van der Waals surface area contributed by atoms with Gasteiger partial charge in [-0.3, -0.25) is 0 Å². The van der Waals surface area contributed by atoms with Crippen molar-refractivity contribution in [1.82, 2.24) is 0 Å². The molecule has 4 heteroatoms. The van der Waals surface area contributed by atoms with Crippen LogP contribution < -0.4 is 0 Å². The number of methoxy groups -OCH3 is 1. The van der Waals surface area contributed by atoms with Gasteiger partial charge in [0.15, 0.2) is 5.79 Å². The lowest BCUT2D eigenvalue weighted by molar-refractivity contribution is -0.193. The van der Waals surface area contributed by atoms with Gasteiger partial charge in [-0.1, -0.05) is 73.3 Å². The van der Waals surface area contributed by atoms with Crippen molar-refractivity contribution >= 4 is 5.97 Å². The maximum Gasteiger partial charge on any atom is 0.333 e. The molecule has 0 N–H and O–H groups in total. The van der Waals surface area contributed by atoms with Gasteiger partial charge in [-0.15, -0.1) is 0 Å². The molecular formula is C26H28O4. The van der Waals surface area contributed by atoms with E-state index < -0.39 is 11.8 Å². The molecule has 156 valence electrons. The van der Waals surface area contributed by atoms with Gasteiger partial charge in [0.25, 0.3) is 0 Å².